The van der Waals surface area contributed by atoms with Crippen LogP contribution in [-0.4, -0.2) is 30.7 Å². The van der Waals surface area contributed by atoms with Gasteiger partial charge >= 0.3 is 0 Å². The zero-order valence-corrected chi connectivity index (χ0v) is 16.7. The number of carbonyl (C=O) groups excluding carboxylic acids is 1. The van der Waals surface area contributed by atoms with Gasteiger partial charge in [0.2, 0.25) is 11.1 Å². The number of nitrogens with one attached hydrogen (secondary N) is 1. The number of fused-ring (bicyclic) bond motifs is 1. The molecule has 4 aromatic rings. The molecule has 2 aromatic heterocycles. The summed E-state index contributed by atoms with van der Waals surface area (Å²) in [5, 5.41) is 7.53. The van der Waals surface area contributed by atoms with Crippen molar-refractivity contribution in [1.29, 1.82) is 0 Å². The normalized spacial score (nSPS) is 12.0. The Balaban J connectivity index is 1.45. The van der Waals surface area contributed by atoms with E-state index in [1.54, 1.807) is 34.7 Å². The lowest BCUT2D eigenvalue weighted by molar-refractivity contribution is -0.115. The quantitative estimate of drug-likeness (QED) is 0.478. The summed E-state index contributed by atoms with van der Waals surface area (Å²) in [5.74, 6) is 0.417. The first-order valence-electron chi connectivity index (χ1n) is 8.66. The number of carbonyl (C=O) groups is 1. The molecular formula is C20H17N5OS2. The predicted molar refractivity (Wildman–Crippen MR) is 112 cm³/mol. The van der Waals surface area contributed by atoms with Crippen molar-refractivity contribution in [3.8, 4) is 0 Å². The minimum atomic E-state index is -0.354. The lowest BCUT2D eigenvalue weighted by atomic mass is 10.3. The van der Waals surface area contributed by atoms with E-state index in [2.05, 4.69) is 20.4 Å². The van der Waals surface area contributed by atoms with Gasteiger partial charge in [-0.3, -0.25) is 4.79 Å². The van der Waals surface area contributed by atoms with Crippen molar-refractivity contribution in [2.75, 3.05) is 5.32 Å². The molecule has 0 aliphatic heterocycles. The van der Waals surface area contributed by atoms with Crippen LogP contribution in [0.5, 0.6) is 0 Å². The molecule has 1 unspecified atom stereocenters. The van der Waals surface area contributed by atoms with Crippen LogP contribution in [0.15, 0.2) is 88.0 Å². The van der Waals surface area contributed by atoms with Crippen LogP contribution in [-0.2, 0) is 4.79 Å². The molecule has 1 amide bonds. The third-order valence-corrected chi connectivity index (χ3v) is 5.90. The number of para-hydroxylation sites is 1. The minimum Gasteiger partial charge on any atom is -0.324 e. The fourth-order valence-electron chi connectivity index (χ4n) is 2.48. The highest BCUT2D eigenvalue weighted by molar-refractivity contribution is 8.00. The maximum atomic E-state index is 12.7. The van der Waals surface area contributed by atoms with Gasteiger partial charge in [-0.05, 0) is 37.3 Å². The van der Waals surface area contributed by atoms with Gasteiger partial charge in [0.15, 0.2) is 0 Å². The van der Waals surface area contributed by atoms with Crippen LogP contribution in [0, 0.1) is 0 Å². The number of thioether (sulfide) groups is 1. The van der Waals surface area contributed by atoms with E-state index in [9.17, 15) is 4.79 Å². The van der Waals surface area contributed by atoms with E-state index in [-0.39, 0.29) is 11.2 Å². The zero-order valence-electron chi connectivity index (χ0n) is 15.0. The molecule has 0 spiro atoms. The second kappa shape index (κ2) is 8.45. The van der Waals surface area contributed by atoms with Crippen molar-refractivity contribution >= 4 is 40.9 Å². The summed E-state index contributed by atoms with van der Waals surface area (Å²) < 4.78 is 1.60. The Kier molecular flexibility index (Phi) is 5.59. The highest BCUT2D eigenvalue weighted by Gasteiger charge is 2.19. The molecule has 1 N–H and O–H groups in total. The Morgan fingerprint density at radius 1 is 1.07 bits per heavy atom. The maximum Gasteiger partial charge on any atom is 0.253 e. The van der Waals surface area contributed by atoms with E-state index < -0.39 is 0 Å². The van der Waals surface area contributed by atoms with Gasteiger partial charge in [-0.15, -0.1) is 5.10 Å². The van der Waals surface area contributed by atoms with E-state index in [0.717, 1.165) is 15.5 Å². The molecule has 0 aliphatic rings. The van der Waals surface area contributed by atoms with E-state index in [1.165, 1.54) is 11.8 Å². The largest absolute Gasteiger partial charge is 0.324 e. The summed E-state index contributed by atoms with van der Waals surface area (Å²) in [5.41, 5.74) is 0.790. The molecule has 28 heavy (non-hydrogen) atoms. The fraction of sp³-hybridized carbons (Fsp3) is 0.100. The van der Waals surface area contributed by atoms with Crippen molar-refractivity contribution in [2.45, 2.75) is 27.1 Å². The van der Waals surface area contributed by atoms with Crippen molar-refractivity contribution in [3.63, 3.8) is 0 Å². The van der Waals surface area contributed by atoms with E-state index >= 15 is 0 Å². The number of amides is 1. The molecule has 0 bridgehead atoms. The van der Waals surface area contributed by atoms with Crippen LogP contribution in [0.4, 0.5) is 5.69 Å². The van der Waals surface area contributed by atoms with Gasteiger partial charge in [0.25, 0.3) is 5.78 Å². The standard InChI is InChI=1S/C20H17N5OS2/c1-14(27-20-23-19-21-12-7-13-25(19)24-20)18(26)22-16-10-5-6-11-17(16)28-15-8-3-2-4-9-15/h2-14H,1H3,(H,22,26). The van der Waals surface area contributed by atoms with Crippen LogP contribution in [0.25, 0.3) is 5.78 Å². The summed E-state index contributed by atoms with van der Waals surface area (Å²) in [6.07, 6.45) is 3.44. The molecular weight excluding hydrogens is 390 g/mol. The summed E-state index contributed by atoms with van der Waals surface area (Å²) in [4.78, 5) is 23.3. The Bertz CT molecular complexity index is 1070. The summed E-state index contributed by atoms with van der Waals surface area (Å²) in [6.45, 7) is 1.84. The highest BCUT2D eigenvalue weighted by Crippen LogP contribution is 2.33. The topological polar surface area (TPSA) is 72.2 Å². The molecule has 0 saturated heterocycles. The van der Waals surface area contributed by atoms with E-state index in [0.29, 0.717) is 10.9 Å². The number of aromatic nitrogens is 4. The van der Waals surface area contributed by atoms with E-state index in [1.807, 2.05) is 61.5 Å². The Labute approximate surface area is 170 Å². The molecule has 140 valence electrons. The van der Waals surface area contributed by atoms with Crippen molar-refractivity contribution in [1.82, 2.24) is 19.6 Å². The molecule has 0 aliphatic carbocycles. The lowest BCUT2D eigenvalue weighted by Gasteiger charge is -2.13. The molecule has 0 radical (unpaired) electrons. The van der Waals surface area contributed by atoms with Crippen LogP contribution < -0.4 is 5.32 Å². The van der Waals surface area contributed by atoms with Crippen LogP contribution in [0.3, 0.4) is 0 Å². The summed E-state index contributed by atoms with van der Waals surface area (Å²) >= 11 is 2.92. The molecule has 6 nitrogen and oxygen atoms in total. The van der Waals surface area contributed by atoms with Gasteiger partial charge in [0, 0.05) is 22.2 Å². The lowest BCUT2D eigenvalue weighted by Crippen LogP contribution is -2.22. The third kappa shape index (κ3) is 4.35. The number of nitrogens with zero attached hydrogens (tertiary/aromatic N) is 4. The van der Waals surface area contributed by atoms with Gasteiger partial charge in [-0.1, -0.05) is 53.9 Å². The molecule has 0 fully saturated rings. The monoisotopic (exact) mass is 407 g/mol. The van der Waals surface area contributed by atoms with Gasteiger partial charge < -0.3 is 5.32 Å². The van der Waals surface area contributed by atoms with Gasteiger partial charge in [-0.25, -0.2) is 9.50 Å². The highest BCUT2D eigenvalue weighted by atomic mass is 32.2. The molecule has 8 heteroatoms. The average Bonchev–Trinajstić information content (AvgIpc) is 3.12. The minimum absolute atomic E-state index is 0.0991. The number of benzene rings is 2. The Morgan fingerprint density at radius 3 is 2.68 bits per heavy atom. The molecule has 0 saturated carbocycles. The smallest absolute Gasteiger partial charge is 0.253 e. The second-order valence-electron chi connectivity index (χ2n) is 5.92. The number of anilines is 1. The first-order valence-corrected chi connectivity index (χ1v) is 10.4. The average molecular weight is 408 g/mol. The van der Waals surface area contributed by atoms with Crippen molar-refractivity contribution in [2.24, 2.45) is 0 Å². The number of hydrogen-bond donors (Lipinski definition) is 1. The van der Waals surface area contributed by atoms with Gasteiger partial charge in [0.1, 0.15) is 0 Å². The first-order chi connectivity index (χ1) is 13.7. The summed E-state index contributed by atoms with van der Waals surface area (Å²) in [7, 11) is 0. The van der Waals surface area contributed by atoms with E-state index in [4.69, 9.17) is 0 Å². The zero-order chi connectivity index (χ0) is 19.3. The second-order valence-corrected chi connectivity index (χ2v) is 8.34. The first kappa shape index (κ1) is 18.5. The molecule has 1 atom stereocenters. The maximum absolute atomic E-state index is 12.7. The molecule has 2 heterocycles. The molecule has 2 aromatic carbocycles. The van der Waals surface area contributed by atoms with Crippen LogP contribution >= 0.6 is 23.5 Å². The van der Waals surface area contributed by atoms with Crippen molar-refractivity contribution in [3.05, 3.63) is 73.1 Å². The third-order valence-electron chi connectivity index (χ3n) is 3.86. The van der Waals surface area contributed by atoms with Gasteiger partial charge in [-0.2, -0.15) is 4.98 Å². The molecule has 4 rings (SSSR count). The SMILES string of the molecule is CC(Sc1nc2ncccn2n1)C(=O)Nc1ccccc1Sc1ccccc1. The van der Waals surface area contributed by atoms with Crippen LogP contribution in [0.2, 0.25) is 0 Å². The Hall–Kier alpha value is -2.84. The van der Waals surface area contributed by atoms with Gasteiger partial charge in [0.05, 0.1) is 10.9 Å². The van der Waals surface area contributed by atoms with Crippen LogP contribution in [0.1, 0.15) is 6.92 Å². The Morgan fingerprint density at radius 2 is 1.86 bits per heavy atom. The predicted octanol–water partition coefficient (Wildman–Crippen LogP) is 4.39. The summed E-state index contributed by atoms with van der Waals surface area (Å²) in [6, 6.07) is 19.7. The number of rotatable bonds is 6. The van der Waals surface area contributed by atoms with Crippen molar-refractivity contribution < 1.29 is 4.79 Å². The number of hydrogen-bond acceptors (Lipinski definition) is 6. The fourth-order valence-corrected chi connectivity index (χ4v) is 4.16.